The monoisotopic (exact) mass is 383 g/mol. The second-order valence-electron chi connectivity index (χ2n) is 5.50. The third-order valence-corrected chi connectivity index (χ3v) is 4.29. The lowest BCUT2D eigenvalue weighted by molar-refractivity contribution is 0.102. The molecule has 0 atom stereocenters. The first-order valence-corrected chi connectivity index (χ1v) is 8.44. The summed E-state index contributed by atoms with van der Waals surface area (Å²) in [5.41, 5.74) is 2.88. The average molecular weight is 384 g/mol. The van der Waals surface area contributed by atoms with Crippen LogP contribution in [0.3, 0.4) is 0 Å². The van der Waals surface area contributed by atoms with E-state index in [1.54, 1.807) is 48.7 Å². The van der Waals surface area contributed by atoms with Crippen molar-refractivity contribution in [2.24, 2.45) is 0 Å². The SMILES string of the molecule is O=C(Nc1ccc(-c2nc3ncccc3o2)cc1)c1cc(Cl)ccc1Cl. The largest absolute Gasteiger partial charge is 0.434 e. The summed E-state index contributed by atoms with van der Waals surface area (Å²) in [4.78, 5) is 20.9. The molecule has 128 valence electrons. The number of fused-ring (bicyclic) bond motifs is 1. The molecule has 0 fully saturated rings. The van der Waals surface area contributed by atoms with E-state index in [1.807, 2.05) is 6.07 Å². The van der Waals surface area contributed by atoms with Gasteiger partial charge in [-0.2, -0.15) is 4.98 Å². The van der Waals surface area contributed by atoms with Gasteiger partial charge in [-0.15, -0.1) is 0 Å². The second-order valence-corrected chi connectivity index (χ2v) is 6.34. The summed E-state index contributed by atoms with van der Waals surface area (Å²) in [6.07, 6.45) is 1.66. The summed E-state index contributed by atoms with van der Waals surface area (Å²) >= 11 is 12.0. The Morgan fingerprint density at radius 3 is 2.62 bits per heavy atom. The highest BCUT2D eigenvalue weighted by Crippen LogP contribution is 2.25. The zero-order chi connectivity index (χ0) is 18.1. The number of aromatic nitrogens is 2. The first-order chi connectivity index (χ1) is 12.6. The molecule has 7 heteroatoms. The van der Waals surface area contributed by atoms with Crippen molar-refractivity contribution < 1.29 is 9.21 Å². The molecule has 0 aliphatic rings. The van der Waals surface area contributed by atoms with Gasteiger partial charge in [0.25, 0.3) is 5.91 Å². The summed E-state index contributed by atoms with van der Waals surface area (Å²) in [7, 11) is 0. The van der Waals surface area contributed by atoms with Gasteiger partial charge in [0.05, 0.1) is 10.6 Å². The number of carbonyl (C=O) groups is 1. The molecule has 0 spiro atoms. The summed E-state index contributed by atoms with van der Waals surface area (Å²) in [6.45, 7) is 0. The van der Waals surface area contributed by atoms with Crippen LogP contribution in [0, 0.1) is 0 Å². The smallest absolute Gasteiger partial charge is 0.257 e. The van der Waals surface area contributed by atoms with Gasteiger partial charge in [0.1, 0.15) is 0 Å². The molecule has 0 radical (unpaired) electrons. The molecule has 2 aromatic carbocycles. The van der Waals surface area contributed by atoms with Gasteiger partial charge < -0.3 is 9.73 Å². The summed E-state index contributed by atoms with van der Waals surface area (Å²) in [5, 5.41) is 3.57. The number of amides is 1. The van der Waals surface area contributed by atoms with Gasteiger partial charge in [0.15, 0.2) is 11.2 Å². The summed E-state index contributed by atoms with van der Waals surface area (Å²) < 4.78 is 5.68. The standard InChI is InChI=1S/C19H11Cl2N3O2/c20-12-5-8-15(21)14(10-12)18(25)23-13-6-3-11(4-7-13)19-24-17-16(26-19)2-1-9-22-17/h1-10H,(H,23,25). The fraction of sp³-hybridized carbons (Fsp3) is 0. The predicted molar refractivity (Wildman–Crippen MR) is 102 cm³/mol. The number of oxazole rings is 1. The molecule has 1 amide bonds. The Labute approximate surface area is 158 Å². The van der Waals surface area contributed by atoms with Crippen LogP contribution >= 0.6 is 23.2 Å². The van der Waals surface area contributed by atoms with E-state index in [9.17, 15) is 4.79 Å². The van der Waals surface area contributed by atoms with Crippen LogP contribution in [0.25, 0.3) is 22.7 Å². The molecule has 0 saturated carbocycles. The molecule has 4 aromatic rings. The van der Waals surface area contributed by atoms with E-state index >= 15 is 0 Å². The number of nitrogens with zero attached hydrogens (tertiary/aromatic N) is 2. The number of hydrogen-bond acceptors (Lipinski definition) is 4. The fourth-order valence-electron chi connectivity index (χ4n) is 2.46. The molecule has 2 heterocycles. The van der Waals surface area contributed by atoms with E-state index in [-0.39, 0.29) is 5.91 Å². The third-order valence-electron chi connectivity index (χ3n) is 3.73. The van der Waals surface area contributed by atoms with Gasteiger partial charge in [-0.25, -0.2) is 4.98 Å². The molecule has 5 nitrogen and oxygen atoms in total. The highest BCUT2D eigenvalue weighted by molar-refractivity contribution is 6.36. The van der Waals surface area contributed by atoms with Crippen LogP contribution in [0.15, 0.2) is 65.2 Å². The number of hydrogen-bond donors (Lipinski definition) is 1. The van der Waals surface area contributed by atoms with Crippen LogP contribution in [0.2, 0.25) is 10.0 Å². The van der Waals surface area contributed by atoms with Crippen LogP contribution in [-0.2, 0) is 0 Å². The van der Waals surface area contributed by atoms with Crippen LogP contribution in [0.1, 0.15) is 10.4 Å². The van der Waals surface area contributed by atoms with Crippen molar-refractivity contribution in [1.82, 2.24) is 9.97 Å². The van der Waals surface area contributed by atoms with Gasteiger partial charge in [0.2, 0.25) is 5.89 Å². The van der Waals surface area contributed by atoms with Crippen molar-refractivity contribution in [2.75, 3.05) is 5.32 Å². The van der Waals surface area contributed by atoms with E-state index in [0.717, 1.165) is 5.56 Å². The lowest BCUT2D eigenvalue weighted by Crippen LogP contribution is -2.12. The Bertz CT molecular complexity index is 1070. The van der Waals surface area contributed by atoms with Gasteiger partial charge in [0, 0.05) is 22.5 Å². The van der Waals surface area contributed by atoms with Crippen molar-refractivity contribution in [2.45, 2.75) is 0 Å². The van der Waals surface area contributed by atoms with E-state index in [1.165, 1.54) is 6.07 Å². The normalized spacial score (nSPS) is 10.8. The summed E-state index contributed by atoms with van der Waals surface area (Å²) in [5.74, 6) is 0.130. The lowest BCUT2D eigenvalue weighted by atomic mass is 10.2. The first-order valence-electron chi connectivity index (χ1n) is 7.68. The van der Waals surface area contributed by atoms with Crippen molar-refractivity contribution in [3.8, 4) is 11.5 Å². The number of rotatable bonds is 3. The highest BCUT2D eigenvalue weighted by Gasteiger charge is 2.12. The van der Waals surface area contributed by atoms with Crippen molar-refractivity contribution >= 4 is 46.0 Å². The van der Waals surface area contributed by atoms with Crippen LogP contribution in [0.5, 0.6) is 0 Å². The Morgan fingerprint density at radius 1 is 1.04 bits per heavy atom. The molecule has 0 saturated heterocycles. The van der Waals surface area contributed by atoms with Gasteiger partial charge >= 0.3 is 0 Å². The fourth-order valence-corrected chi connectivity index (χ4v) is 2.83. The first kappa shape index (κ1) is 16.6. The second kappa shape index (κ2) is 6.78. The molecule has 26 heavy (non-hydrogen) atoms. The maximum Gasteiger partial charge on any atom is 0.257 e. The molecule has 4 rings (SSSR count). The Morgan fingerprint density at radius 2 is 1.85 bits per heavy atom. The molecule has 0 bridgehead atoms. The molecule has 1 N–H and O–H groups in total. The predicted octanol–water partition coefficient (Wildman–Crippen LogP) is 5.45. The number of carbonyl (C=O) groups excluding carboxylic acids is 1. The molecular formula is C19H11Cl2N3O2. The number of nitrogens with one attached hydrogen (secondary N) is 1. The van der Waals surface area contributed by atoms with Crippen LogP contribution < -0.4 is 5.32 Å². The maximum atomic E-state index is 12.4. The Kier molecular flexibility index (Phi) is 4.32. The molecule has 0 aliphatic carbocycles. The number of benzene rings is 2. The van der Waals surface area contributed by atoms with Crippen LogP contribution in [0.4, 0.5) is 5.69 Å². The topological polar surface area (TPSA) is 68.0 Å². The minimum Gasteiger partial charge on any atom is -0.434 e. The van der Waals surface area contributed by atoms with Crippen molar-refractivity contribution in [1.29, 1.82) is 0 Å². The zero-order valence-electron chi connectivity index (χ0n) is 13.2. The van der Waals surface area contributed by atoms with Crippen LogP contribution in [-0.4, -0.2) is 15.9 Å². The minimum absolute atomic E-state index is 0.313. The Balaban J connectivity index is 1.56. The number of halogens is 2. The quantitative estimate of drug-likeness (QED) is 0.510. The van der Waals surface area contributed by atoms with Gasteiger partial charge in [-0.05, 0) is 54.6 Å². The lowest BCUT2D eigenvalue weighted by Gasteiger charge is -2.07. The average Bonchev–Trinajstić information content (AvgIpc) is 3.08. The maximum absolute atomic E-state index is 12.4. The number of anilines is 1. The third kappa shape index (κ3) is 3.27. The molecule has 0 unspecified atom stereocenters. The molecule has 2 aromatic heterocycles. The number of pyridine rings is 1. The van der Waals surface area contributed by atoms with Crippen molar-refractivity contribution in [3.05, 3.63) is 76.4 Å². The molecule has 0 aliphatic heterocycles. The Hall–Kier alpha value is -2.89. The van der Waals surface area contributed by atoms with Gasteiger partial charge in [-0.1, -0.05) is 23.2 Å². The minimum atomic E-state index is -0.337. The van der Waals surface area contributed by atoms with E-state index in [4.69, 9.17) is 27.6 Å². The van der Waals surface area contributed by atoms with E-state index in [2.05, 4.69) is 15.3 Å². The summed E-state index contributed by atoms with van der Waals surface area (Å²) in [6, 6.07) is 15.5. The zero-order valence-corrected chi connectivity index (χ0v) is 14.8. The van der Waals surface area contributed by atoms with E-state index < -0.39 is 0 Å². The molecular weight excluding hydrogens is 373 g/mol. The van der Waals surface area contributed by atoms with Crippen molar-refractivity contribution in [3.63, 3.8) is 0 Å². The van der Waals surface area contributed by atoms with Gasteiger partial charge in [-0.3, -0.25) is 4.79 Å². The van der Waals surface area contributed by atoms with E-state index in [0.29, 0.717) is 38.4 Å². The highest BCUT2D eigenvalue weighted by atomic mass is 35.5.